The summed E-state index contributed by atoms with van der Waals surface area (Å²) in [5, 5.41) is 21.2. The second kappa shape index (κ2) is 8.23. The summed E-state index contributed by atoms with van der Waals surface area (Å²) in [6.45, 7) is 0.700. The zero-order valence-corrected chi connectivity index (χ0v) is 16.7. The molecular weight excluding hydrogens is 399 g/mol. The van der Waals surface area contributed by atoms with Crippen molar-refractivity contribution in [1.29, 1.82) is 0 Å². The highest BCUT2D eigenvalue weighted by atomic mass is 35.5. The van der Waals surface area contributed by atoms with Crippen LogP contribution in [0.3, 0.4) is 0 Å². The van der Waals surface area contributed by atoms with Crippen molar-refractivity contribution in [3.63, 3.8) is 0 Å². The summed E-state index contributed by atoms with van der Waals surface area (Å²) in [6.07, 6.45) is 0. The van der Waals surface area contributed by atoms with Gasteiger partial charge in [0, 0.05) is 18.1 Å². The molecule has 2 aromatic carbocycles. The van der Waals surface area contributed by atoms with Crippen LogP contribution in [0.15, 0.2) is 48.0 Å². The predicted molar refractivity (Wildman–Crippen MR) is 107 cm³/mol. The van der Waals surface area contributed by atoms with E-state index in [1.807, 2.05) is 19.0 Å². The molecule has 2 aromatic rings. The van der Waals surface area contributed by atoms with Crippen molar-refractivity contribution in [3.8, 4) is 5.75 Å². The molecule has 1 aliphatic heterocycles. The van der Waals surface area contributed by atoms with E-state index in [-0.39, 0.29) is 28.5 Å². The number of aliphatic hydroxyl groups excluding tert-OH is 1. The van der Waals surface area contributed by atoms with Gasteiger partial charge in [0.15, 0.2) is 0 Å². The van der Waals surface area contributed by atoms with Crippen LogP contribution in [0, 0.1) is 5.82 Å². The lowest BCUT2D eigenvalue weighted by molar-refractivity contribution is -0.140. The first-order valence-electron chi connectivity index (χ1n) is 8.88. The average molecular weight is 419 g/mol. The topological polar surface area (TPSA) is 81.1 Å². The molecule has 1 unspecified atom stereocenters. The molecule has 1 heterocycles. The van der Waals surface area contributed by atoms with E-state index in [1.165, 1.54) is 47.4 Å². The molecule has 8 heteroatoms. The molecule has 152 valence electrons. The molecular formula is C21H20ClFN2O4. The molecule has 0 saturated carbocycles. The van der Waals surface area contributed by atoms with E-state index in [1.54, 1.807) is 0 Å². The Morgan fingerprint density at radius 3 is 2.45 bits per heavy atom. The number of ketones is 1. The number of aromatic hydroxyl groups is 1. The van der Waals surface area contributed by atoms with Crippen molar-refractivity contribution < 1.29 is 24.2 Å². The van der Waals surface area contributed by atoms with Crippen LogP contribution in [0.4, 0.5) is 4.39 Å². The normalized spacial score (nSPS) is 18.7. The number of phenolic OH excluding ortho intramolecular Hbond substituents is 1. The van der Waals surface area contributed by atoms with E-state index in [2.05, 4.69) is 0 Å². The van der Waals surface area contributed by atoms with Crippen molar-refractivity contribution in [1.82, 2.24) is 9.80 Å². The third-order valence-electron chi connectivity index (χ3n) is 4.73. The fraction of sp³-hybridized carbons (Fsp3) is 0.238. The highest BCUT2D eigenvalue weighted by Crippen LogP contribution is 2.41. The molecule has 29 heavy (non-hydrogen) atoms. The third kappa shape index (κ3) is 4.11. The molecule has 1 atom stereocenters. The minimum Gasteiger partial charge on any atom is -0.507 e. The SMILES string of the molecule is CN(C)CCN1C(=O)C(=O)/C(=C(\O)c2cc(Cl)ccc2O)C1c1ccc(F)cc1. The molecule has 1 aliphatic rings. The Labute approximate surface area is 172 Å². The van der Waals surface area contributed by atoms with E-state index in [9.17, 15) is 24.2 Å². The van der Waals surface area contributed by atoms with Crippen LogP contribution in [0.2, 0.25) is 5.02 Å². The van der Waals surface area contributed by atoms with Gasteiger partial charge in [0.2, 0.25) is 0 Å². The summed E-state index contributed by atoms with van der Waals surface area (Å²) in [5.74, 6) is -2.94. The Morgan fingerprint density at radius 1 is 1.17 bits per heavy atom. The van der Waals surface area contributed by atoms with Crippen LogP contribution in [-0.4, -0.2) is 58.9 Å². The first kappa shape index (κ1) is 20.8. The Morgan fingerprint density at radius 2 is 1.83 bits per heavy atom. The van der Waals surface area contributed by atoms with Gasteiger partial charge in [0.05, 0.1) is 17.2 Å². The number of carbonyl (C=O) groups excluding carboxylic acids is 2. The zero-order valence-electron chi connectivity index (χ0n) is 15.9. The van der Waals surface area contributed by atoms with Gasteiger partial charge < -0.3 is 20.0 Å². The van der Waals surface area contributed by atoms with Gasteiger partial charge in [-0.2, -0.15) is 0 Å². The van der Waals surface area contributed by atoms with Crippen molar-refractivity contribution in [3.05, 3.63) is 70.0 Å². The van der Waals surface area contributed by atoms with E-state index in [0.29, 0.717) is 12.1 Å². The van der Waals surface area contributed by atoms with Crippen LogP contribution in [-0.2, 0) is 9.59 Å². The first-order chi connectivity index (χ1) is 13.7. The summed E-state index contributed by atoms with van der Waals surface area (Å²) in [5.41, 5.74) is 0.223. The van der Waals surface area contributed by atoms with Crippen LogP contribution in [0.1, 0.15) is 17.2 Å². The van der Waals surface area contributed by atoms with E-state index >= 15 is 0 Å². The molecule has 0 bridgehead atoms. The van der Waals surface area contributed by atoms with Gasteiger partial charge in [-0.25, -0.2) is 4.39 Å². The summed E-state index contributed by atoms with van der Waals surface area (Å²) in [6, 6.07) is 8.46. The molecule has 3 rings (SSSR count). The minimum absolute atomic E-state index is 0.0600. The highest BCUT2D eigenvalue weighted by molar-refractivity contribution is 6.46. The number of benzene rings is 2. The van der Waals surface area contributed by atoms with Crippen molar-refractivity contribution in [2.24, 2.45) is 0 Å². The highest BCUT2D eigenvalue weighted by Gasteiger charge is 2.46. The standard InChI is InChI=1S/C21H20ClFN2O4/c1-24(2)9-10-25-18(12-3-6-14(23)7-4-12)17(20(28)21(25)29)19(27)15-11-13(22)5-8-16(15)26/h3-8,11,18,26-27H,9-10H2,1-2H3/b19-17-. The third-order valence-corrected chi connectivity index (χ3v) is 4.96. The largest absolute Gasteiger partial charge is 0.507 e. The molecule has 1 amide bonds. The summed E-state index contributed by atoms with van der Waals surface area (Å²) < 4.78 is 13.4. The number of likely N-dealkylation sites (N-methyl/N-ethyl adjacent to an activating group) is 1. The van der Waals surface area contributed by atoms with Gasteiger partial charge in [-0.1, -0.05) is 23.7 Å². The fourth-order valence-electron chi connectivity index (χ4n) is 3.25. The van der Waals surface area contributed by atoms with Gasteiger partial charge in [-0.3, -0.25) is 9.59 Å². The molecule has 0 radical (unpaired) electrons. The number of halogens is 2. The number of aliphatic hydroxyl groups is 1. The lowest BCUT2D eigenvalue weighted by Gasteiger charge is -2.26. The van der Waals surface area contributed by atoms with Crippen molar-refractivity contribution in [2.45, 2.75) is 6.04 Å². The number of carbonyl (C=O) groups is 2. The summed E-state index contributed by atoms with van der Waals surface area (Å²) in [4.78, 5) is 28.7. The summed E-state index contributed by atoms with van der Waals surface area (Å²) in [7, 11) is 3.65. The first-order valence-corrected chi connectivity index (χ1v) is 9.26. The maximum Gasteiger partial charge on any atom is 0.295 e. The van der Waals surface area contributed by atoms with E-state index < -0.39 is 29.3 Å². The van der Waals surface area contributed by atoms with E-state index in [4.69, 9.17) is 11.6 Å². The maximum absolute atomic E-state index is 13.4. The number of amides is 1. The molecule has 0 aromatic heterocycles. The minimum atomic E-state index is -0.922. The van der Waals surface area contributed by atoms with Gasteiger partial charge in [-0.05, 0) is 50.0 Å². The molecule has 1 saturated heterocycles. The summed E-state index contributed by atoms with van der Waals surface area (Å²) >= 11 is 5.96. The Kier molecular flexibility index (Phi) is 5.91. The van der Waals surface area contributed by atoms with Gasteiger partial charge in [-0.15, -0.1) is 0 Å². The molecule has 1 fully saturated rings. The van der Waals surface area contributed by atoms with Crippen molar-refractivity contribution in [2.75, 3.05) is 27.2 Å². The Balaban J connectivity index is 2.19. The molecule has 6 nitrogen and oxygen atoms in total. The molecule has 0 aliphatic carbocycles. The van der Waals surface area contributed by atoms with Gasteiger partial charge in [0.1, 0.15) is 17.3 Å². The Hall–Kier alpha value is -2.90. The number of hydrogen-bond donors (Lipinski definition) is 2. The average Bonchev–Trinajstić information content (AvgIpc) is 2.93. The maximum atomic E-state index is 13.4. The number of likely N-dealkylation sites (tertiary alicyclic amines) is 1. The quantitative estimate of drug-likeness (QED) is 0.443. The number of phenols is 1. The number of hydrogen-bond acceptors (Lipinski definition) is 5. The lowest BCUT2D eigenvalue weighted by Crippen LogP contribution is -2.35. The number of Topliss-reactive ketones (excluding diaryl/α,β-unsaturated/α-hetero) is 1. The predicted octanol–water partition coefficient (Wildman–Crippen LogP) is 3.17. The van der Waals surface area contributed by atoms with E-state index in [0.717, 1.165) is 0 Å². The van der Waals surface area contributed by atoms with Crippen molar-refractivity contribution >= 4 is 29.1 Å². The fourth-order valence-corrected chi connectivity index (χ4v) is 3.43. The monoisotopic (exact) mass is 418 g/mol. The Bertz CT molecular complexity index is 989. The molecule has 0 spiro atoms. The van der Waals surface area contributed by atoms with Crippen LogP contribution in [0.25, 0.3) is 5.76 Å². The van der Waals surface area contributed by atoms with Gasteiger partial charge >= 0.3 is 0 Å². The smallest absolute Gasteiger partial charge is 0.295 e. The second-order valence-electron chi connectivity index (χ2n) is 7.01. The van der Waals surface area contributed by atoms with Gasteiger partial charge in [0.25, 0.3) is 11.7 Å². The van der Waals surface area contributed by atoms with Crippen LogP contribution < -0.4 is 0 Å². The van der Waals surface area contributed by atoms with Crippen LogP contribution in [0.5, 0.6) is 5.75 Å². The second-order valence-corrected chi connectivity index (χ2v) is 7.45. The number of nitrogens with zero attached hydrogens (tertiary/aromatic N) is 2. The molecule has 2 N–H and O–H groups in total. The lowest BCUT2D eigenvalue weighted by atomic mass is 9.95. The van der Waals surface area contributed by atoms with Crippen LogP contribution >= 0.6 is 11.6 Å². The number of rotatable bonds is 5. The zero-order chi connectivity index (χ0) is 21.3.